The third-order valence-electron chi connectivity index (χ3n) is 1.77. The Hall–Kier alpha value is -1.71. The van der Waals surface area contributed by atoms with Crippen molar-refractivity contribution in [3.8, 4) is 11.8 Å². The Labute approximate surface area is 87.5 Å². The fourth-order valence-electron chi connectivity index (χ4n) is 1.22. The quantitative estimate of drug-likeness (QED) is 0.781. The molecule has 80 valence electrons. The molecular weight excluding hydrogens is 194 g/mol. The maximum atomic E-state index is 9.50. The smallest absolute Gasteiger partial charge is 0.395 e. The lowest BCUT2D eigenvalue weighted by atomic mass is 10.2. The van der Waals surface area contributed by atoms with Crippen molar-refractivity contribution in [3.05, 3.63) is 18.2 Å². The van der Waals surface area contributed by atoms with Gasteiger partial charge in [-0.25, -0.2) is 0 Å². The number of benzene rings is 1. The first-order valence-electron chi connectivity index (χ1n) is 4.73. The molecule has 0 saturated carbocycles. The Kier molecular flexibility index (Phi) is 2.07. The van der Waals surface area contributed by atoms with E-state index in [0.29, 0.717) is 11.1 Å². The Morgan fingerprint density at radius 1 is 1.33 bits per heavy atom. The van der Waals surface area contributed by atoms with Gasteiger partial charge in [0, 0.05) is 0 Å². The summed E-state index contributed by atoms with van der Waals surface area (Å²) in [6, 6.07) is 4.99. The van der Waals surface area contributed by atoms with Gasteiger partial charge in [0.2, 0.25) is 0 Å². The summed E-state index contributed by atoms with van der Waals surface area (Å²) in [4.78, 5) is 4.06. The van der Waals surface area contributed by atoms with Crippen LogP contribution in [0.3, 0.4) is 0 Å². The zero-order valence-electron chi connectivity index (χ0n) is 8.94. The summed E-state index contributed by atoms with van der Waals surface area (Å²) < 4.78 is 10.8. The summed E-state index contributed by atoms with van der Waals surface area (Å²) >= 11 is 0. The van der Waals surface area contributed by atoms with Gasteiger partial charge < -0.3 is 14.3 Å². The maximum Gasteiger partial charge on any atom is 0.395 e. The number of phenols is 1. The molecule has 0 radical (unpaired) electrons. The van der Waals surface area contributed by atoms with Crippen molar-refractivity contribution in [1.82, 2.24) is 4.98 Å². The lowest BCUT2D eigenvalue weighted by Crippen LogP contribution is -2.23. The summed E-state index contributed by atoms with van der Waals surface area (Å²) in [5.74, 6) is 0.0972. The molecule has 1 heterocycles. The van der Waals surface area contributed by atoms with Gasteiger partial charge >= 0.3 is 6.08 Å². The minimum Gasteiger partial charge on any atom is -0.506 e. The molecule has 4 nitrogen and oxygen atoms in total. The number of phenolic OH excluding ortho intramolecular Hbond substituents is 1. The van der Waals surface area contributed by atoms with Gasteiger partial charge in [0.1, 0.15) is 11.4 Å². The number of hydrogen-bond acceptors (Lipinski definition) is 4. The van der Waals surface area contributed by atoms with Crippen LogP contribution in [-0.4, -0.2) is 15.7 Å². The maximum absolute atomic E-state index is 9.50. The largest absolute Gasteiger partial charge is 0.506 e. The van der Waals surface area contributed by atoms with E-state index in [1.54, 1.807) is 18.2 Å². The van der Waals surface area contributed by atoms with Crippen molar-refractivity contribution in [2.24, 2.45) is 0 Å². The van der Waals surface area contributed by atoms with Crippen molar-refractivity contribution in [3.63, 3.8) is 0 Å². The fraction of sp³-hybridized carbons (Fsp3) is 0.364. The first kappa shape index (κ1) is 9.83. The van der Waals surface area contributed by atoms with Crippen molar-refractivity contribution in [2.75, 3.05) is 0 Å². The van der Waals surface area contributed by atoms with Gasteiger partial charge in [-0.05, 0) is 32.9 Å². The molecule has 15 heavy (non-hydrogen) atoms. The molecule has 4 heteroatoms. The minimum atomic E-state index is -0.365. The van der Waals surface area contributed by atoms with E-state index < -0.39 is 0 Å². The normalized spacial score (nSPS) is 11.9. The Balaban J connectivity index is 2.44. The molecule has 1 aromatic carbocycles. The number of ether oxygens (including phenoxy) is 1. The zero-order chi connectivity index (χ0) is 11.1. The predicted molar refractivity (Wildman–Crippen MR) is 56.1 cm³/mol. The van der Waals surface area contributed by atoms with Crippen LogP contribution < -0.4 is 4.74 Å². The van der Waals surface area contributed by atoms with E-state index in [2.05, 4.69) is 4.98 Å². The van der Waals surface area contributed by atoms with Crippen LogP contribution in [0.5, 0.6) is 11.8 Å². The molecule has 0 bridgehead atoms. The van der Waals surface area contributed by atoms with Gasteiger partial charge in [-0.1, -0.05) is 6.07 Å². The van der Waals surface area contributed by atoms with Crippen molar-refractivity contribution in [2.45, 2.75) is 26.4 Å². The number of oxazole rings is 1. The molecule has 0 spiro atoms. The molecule has 2 aromatic rings. The van der Waals surface area contributed by atoms with Gasteiger partial charge in [0.15, 0.2) is 11.1 Å². The highest BCUT2D eigenvalue weighted by Crippen LogP contribution is 2.28. The van der Waals surface area contributed by atoms with E-state index >= 15 is 0 Å². The van der Waals surface area contributed by atoms with E-state index in [1.165, 1.54) is 0 Å². The fourth-order valence-corrected chi connectivity index (χ4v) is 1.22. The van der Waals surface area contributed by atoms with E-state index in [4.69, 9.17) is 9.15 Å². The molecule has 1 aromatic heterocycles. The number of fused-ring (bicyclic) bond motifs is 1. The molecule has 0 aliphatic carbocycles. The lowest BCUT2D eigenvalue weighted by Gasteiger charge is -2.17. The summed E-state index contributed by atoms with van der Waals surface area (Å²) in [6.07, 6.45) is 0.180. The van der Waals surface area contributed by atoms with Crippen LogP contribution in [0, 0.1) is 0 Å². The summed E-state index contributed by atoms with van der Waals surface area (Å²) in [6.45, 7) is 5.71. The van der Waals surface area contributed by atoms with E-state index in [-0.39, 0.29) is 17.4 Å². The van der Waals surface area contributed by atoms with Gasteiger partial charge in [0.05, 0.1) is 0 Å². The molecule has 0 saturated heterocycles. The highest BCUT2D eigenvalue weighted by atomic mass is 16.6. The molecule has 0 unspecified atom stereocenters. The van der Waals surface area contributed by atoms with Gasteiger partial charge in [-0.2, -0.15) is 4.98 Å². The Bertz CT molecular complexity index is 482. The van der Waals surface area contributed by atoms with Gasteiger partial charge in [-0.3, -0.25) is 0 Å². The molecule has 0 aliphatic rings. The van der Waals surface area contributed by atoms with Crippen molar-refractivity contribution < 1.29 is 14.3 Å². The van der Waals surface area contributed by atoms with Crippen LogP contribution in [0.15, 0.2) is 22.6 Å². The summed E-state index contributed by atoms with van der Waals surface area (Å²) in [7, 11) is 0. The monoisotopic (exact) mass is 207 g/mol. The second kappa shape index (κ2) is 3.15. The van der Waals surface area contributed by atoms with E-state index in [1.807, 2.05) is 20.8 Å². The van der Waals surface area contributed by atoms with Gasteiger partial charge in [0.25, 0.3) is 0 Å². The molecule has 0 atom stereocenters. The number of hydrogen-bond donors (Lipinski definition) is 1. The molecule has 1 N–H and O–H groups in total. The number of nitrogens with zero attached hydrogens (tertiary/aromatic N) is 1. The highest BCUT2D eigenvalue weighted by Gasteiger charge is 2.17. The third-order valence-corrected chi connectivity index (χ3v) is 1.77. The number of para-hydroxylation sites is 1. The SMILES string of the molecule is CC(C)(C)Oc1nc2c(O)cccc2o1. The van der Waals surface area contributed by atoms with Gasteiger partial charge in [-0.15, -0.1) is 0 Å². The molecule has 0 aliphatic heterocycles. The second-order valence-electron chi connectivity index (χ2n) is 4.32. The van der Waals surface area contributed by atoms with Crippen molar-refractivity contribution >= 4 is 11.1 Å². The topological polar surface area (TPSA) is 55.5 Å². The van der Waals surface area contributed by atoms with E-state index in [0.717, 1.165) is 0 Å². The first-order chi connectivity index (χ1) is 6.96. The average molecular weight is 207 g/mol. The highest BCUT2D eigenvalue weighted by molar-refractivity contribution is 5.79. The van der Waals surface area contributed by atoms with Crippen LogP contribution in [-0.2, 0) is 0 Å². The Morgan fingerprint density at radius 3 is 2.67 bits per heavy atom. The van der Waals surface area contributed by atoms with Crippen LogP contribution in [0.4, 0.5) is 0 Å². The van der Waals surface area contributed by atoms with Crippen molar-refractivity contribution in [1.29, 1.82) is 0 Å². The first-order valence-corrected chi connectivity index (χ1v) is 4.73. The molecule has 0 amide bonds. The predicted octanol–water partition coefficient (Wildman–Crippen LogP) is 2.71. The number of aromatic hydroxyl groups is 1. The summed E-state index contributed by atoms with van der Waals surface area (Å²) in [5.41, 5.74) is 0.585. The average Bonchev–Trinajstić information content (AvgIpc) is 2.45. The molecular formula is C11H13NO3. The zero-order valence-corrected chi connectivity index (χ0v) is 8.94. The lowest BCUT2D eigenvalue weighted by molar-refractivity contribution is 0.0900. The number of rotatable bonds is 1. The van der Waals surface area contributed by atoms with Crippen LogP contribution in [0.2, 0.25) is 0 Å². The van der Waals surface area contributed by atoms with Crippen LogP contribution in [0.25, 0.3) is 11.1 Å². The number of aromatic nitrogens is 1. The Morgan fingerprint density at radius 2 is 2.07 bits per heavy atom. The standard InChI is InChI=1S/C11H13NO3/c1-11(2,3)15-10-12-9-7(13)5-4-6-8(9)14-10/h4-6,13H,1-3H3. The third kappa shape index (κ3) is 2.03. The molecule has 0 fully saturated rings. The van der Waals surface area contributed by atoms with Crippen LogP contribution >= 0.6 is 0 Å². The second-order valence-corrected chi connectivity index (χ2v) is 4.32. The minimum absolute atomic E-state index is 0.0972. The van der Waals surface area contributed by atoms with E-state index in [9.17, 15) is 5.11 Å². The van der Waals surface area contributed by atoms with Crippen LogP contribution in [0.1, 0.15) is 20.8 Å². The molecule has 2 rings (SSSR count). The summed E-state index contributed by atoms with van der Waals surface area (Å²) in [5, 5.41) is 9.50.